The van der Waals surface area contributed by atoms with Gasteiger partial charge in [-0.05, 0) is 0 Å². The van der Waals surface area contributed by atoms with E-state index in [0.717, 1.165) is 0 Å². The summed E-state index contributed by atoms with van der Waals surface area (Å²) in [5.41, 5.74) is 0. The van der Waals surface area contributed by atoms with Gasteiger partial charge >= 0.3 is 19.5 Å². The van der Waals surface area contributed by atoms with Crippen LogP contribution in [0.15, 0.2) is 42.5 Å². The van der Waals surface area contributed by atoms with E-state index in [-0.39, 0.29) is 36.5 Å². The molecule has 0 spiro atoms. The first-order chi connectivity index (χ1) is 6.47. The normalized spacial score (nSPS) is 6.67. The molecule has 0 amide bonds. The van der Waals surface area contributed by atoms with Crippen molar-refractivity contribution >= 4 is 24.4 Å². The van der Waals surface area contributed by atoms with E-state index >= 15 is 0 Å². The van der Waals surface area contributed by atoms with E-state index in [0.29, 0.717) is 0 Å². The molecule has 4 heteroatoms. The summed E-state index contributed by atoms with van der Waals surface area (Å²) in [6, 6.07) is 14.7. The minimum absolute atomic E-state index is 0. The average Bonchev–Trinajstić information content (AvgIpc) is 2.71. The van der Waals surface area contributed by atoms with Crippen LogP contribution in [0.4, 0.5) is 0 Å². The van der Waals surface area contributed by atoms with Gasteiger partial charge in [-0.1, -0.05) is 6.07 Å². The maximum Gasteiger partial charge on any atom is 2.00 e. The zero-order chi connectivity index (χ0) is 10.1. The number of fused-ring (bicyclic) bond motifs is 1. The molecule has 2 rings (SSSR count). The number of hydrogen-bond donors (Lipinski definition) is 0. The quantitative estimate of drug-likeness (QED) is 0.457. The molecule has 2 aromatic carbocycles. The second kappa shape index (κ2) is 13.3. The number of hydrogen-bond acceptors (Lipinski definition) is 2. The van der Waals surface area contributed by atoms with Crippen molar-refractivity contribution < 1.29 is 46.0 Å². The summed E-state index contributed by atoms with van der Waals surface area (Å²) in [7, 11) is 0. The third-order valence-corrected chi connectivity index (χ3v) is 1.55. The maximum absolute atomic E-state index is 8.00. The molecule has 0 unspecified atom stereocenters. The Balaban J connectivity index is -0.000000218. The number of carbonyl (C=O) groups is 2. The van der Waals surface area contributed by atoms with Crippen LogP contribution in [0.3, 0.4) is 0 Å². The molecule has 0 saturated heterocycles. The van der Waals surface area contributed by atoms with Crippen LogP contribution in [0.1, 0.15) is 0 Å². The molecule has 0 atom stereocenters. The Morgan fingerprint density at radius 1 is 0.933 bits per heavy atom. The van der Waals surface area contributed by atoms with Gasteiger partial charge < -0.3 is 26.6 Å². The van der Waals surface area contributed by atoms with Crippen LogP contribution in [-0.2, 0) is 29.1 Å². The van der Waals surface area contributed by atoms with Crippen molar-refractivity contribution in [3.05, 3.63) is 42.5 Å². The van der Waals surface area contributed by atoms with Crippen LogP contribution in [-0.4, -0.2) is 13.6 Å². The molecular formula is C11H11BrO2Ru. The fourth-order valence-electron chi connectivity index (χ4n) is 1.07. The molecule has 0 N–H and O–H groups in total. The summed E-state index contributed by atoms with van der Waals surface area (Å²) in [6.45, 7) is 4.00. The molecule has 0 aliphatic carbocycles. The van der Waals surface area contributed by atoms with E-state index in [1.54, 1.807) is 0 Å². The molecule has 15 heavy (non-hydrogen) atoms. The van der Waals surface area contributed by atoms with E-state index in [1.807, 2.05) is 13.6 Å². The van der Waals surface area contributed by atoms with Crippen LogP contribution in [0.5, 0.6) is 0 Å². The van der Waals surface area contributed by atoms with E-state index in [1.165, 1.54) is 10.8 Å². The predicted molar refractivity (Wildman–Crippen MR) is 53.8 cm³/mol. The molecule has 0 aromatic heterocycles. The second-order valence-corrected chi connectivity index (χ2v) is 2.15. The van der Waals surface area contributed by atoms with Gasteiger partial charge in [0.05, 0.1) is 0 Å². The van der Waals surface area contributed by atoms with Crippen LogP contribution in [0, 0.1) is 0 Å². The third kappa shape index (κ3) is 6.37. The Morgan fingerprint density at radius 2 is 1.47 bits per heavy atom. The van der Waals surface area contributed by atoms with Gasteiger partial charge in [-0.25, -0.2) is 0 Å². The standard InChI is InChI=1S/C9H7.2CH2O.BrH.Ru/c1-2-5-9-7-3-6-8(9)4-1;2*1-2;;/h1-7H;2*1H2;1H;/q-1;;;;+2/p-1. The first-order valence-corrected chi connectivity index (χ1v) is 3.65. The Hall–Kier alpha value is -0.727. The Labute approximate surface area is 113 Å². The number of rotatable bonds is 0. The Kier molecular flexibility index (Phi) is 17.5. The predicted octanol–water partition coefficient (Wildman–Crippen LogP) is -0.810. The van der Waals surface area contributed by atoms with E-state index < -0.39 is 0 Å². The SMILES string of the molecule is C=O.C=O.[Br-].[Ru+2].c1ccc2[cH-]ccc2c1. The van der Waals surface area contributed by atoms with E-state index in [2.05, 4.69) is 42.5 Å². The van der Waals surface area contributed by atoms with Gasteiger partial charge in [-0.2, -0.15) is 17.5 Å². The largest absolute Gasteiger partial charge is 2.00 e. The molecule has 82 valence electrons. The number of halogens is 1. The van der Waals surface area contributed by atoms with E-state index in [9.17, 15) is 0 Å². The van der Waals surface area contributed by atoms with Gasteiger partial charge in [-0.15, -0.1) is 29.7 Å². The minimum atomic E-state index is 0. The Bertz CT molecular complexity index is 317. The smallest absolute Gasteiger partial charge is 1.00 e. The molecule has 2 aromatic rings. The van der Waals surface area contributed by atoms with Gasteiger partial charge in [0.25, 0.3) is 0 Å². The van der Waals surface area contributed by atoms with Gasteiger partial charge in [0.1, 0.15) is 13.6 Å². The van der Waals surface area contributed by atoms with Crippen molar-refractivity contribution in [2.45, 2.75) is 0 Å². The van der Waals surface area contributed by atoms with Crippen LogP contribution in [0.25, 0.3) is 10.8 Å². The van der Waals surface area contributed by atoms with Crippen molar-refractivity contribution in [1.82, 2.24) is 0 Å². The topological polar surface area (TPSA) is 34.1 Å². The van der Waals surface area contributed by atoms with Gasteiger partial charge in [-0.3, -0.25) is 0 Å². The molecule has 0 heterocycles. The van der Waals surface area contributed by atoms with Crippen LogP contribution >= 0.6 is 0 Å². The second-order valence-electron chi connectivity index (χ2n) is 2.15. The molecule has 0 radical (unpaired) electrons. The van der Waals surface area contributed by atoms with Crippen molar-refractivity contribution in [1.29, 1.82) is 0 Å². The Morgan fingerprint density at radius 3 is 2.00 bits per heavy atom. The number of benzene rings is 1. The summed E-state index contributed by atoms with van der Waals surface area (Å²) in [5.74, 6) is 0. The number of carbonyl (C=O) groups excluding carboxylic acids is 2. The zero-order valence-corrected chi connectivity index (χ0v) is 11.3. The first kappa shape index (κ1) is 19.8. The first-order valence-electron chi connectivity index (χ1n) is 3.65. The molecule has 0 aliphatic rings. The summed E-state index contributed by atoms with van der Waals surface area (Å²) in [6.07, 6.45) is 0. The van der Waals surface area contributed by atoms with Crippen LogP contribution < -0.4 is 17.0 Å². The summed E-state index contributed by atoms with van der Waals surface area (Å²) in [5, 5.41) is 2.66. The minimum Gasteiger partial charge on any atom is -1.00 e. The fraction of sp³-hybridized carbons (Fsp3) is 0. The van der Waals surface area contributed by atoms with Gasteiger partial charge in [0.2, 0.25) is 0 Å². The molecular weight excluding hydrogens is 345 g/mol. The van der Waals surface area contributed by atoms with Crippen molar-refractivity contribution in [3.8, 4) is 0 Å². The summed E-state index contributed by atoms with van der Waals surface area (Å²) >= 11 is 0. The monoisotopic (exact) mass is 356 g/mol. The molecule has 2 nitrogen and oxygen atoms in total. The van der Waals surface area contributed by atoms with Crippen molar-refractivity contribution in [3.63, 3.8) is 0 Å². The third-order valence-electron chi connectivity index (χ3n) is 1.55. The molecule has 0 saturated carbocycles. The van der Waals surface area contributed by atoms with Gasteiger partial charge in [0.15, 0.2) is 0 Å². The van der Waals surface area contributed by atoms with Crippen LogP contribution in [0.2, 0.25) is 0 Å². The maximum atomic E-state index is 8.00. The van der Waals surface area contributed by atoms with Gasteiger partial charge in [0, 0.05) is 0 Å². The van der Waals surface area contributed by atoms with E-state index in [4.69, 9.17) is 9.59 Å². The summed E-state index contributed by atoms with van der Waals surface area (Å²) < 4.78 is 0. The fourth-order valence-corrected chi connectivity index (χ4v) is 1.07. The molecule has 0 aliphatic heterocycles. The summed E-state index contributed by atoms with van der Waals surface area (Å²) in [4.78, 5) is 16.0. The molecule has 0 fully saturated rings. The van der Waals surface area contributed by atoms with Crippen molar-refractivity contribution in [2.75, 3.05) is 0 Å². The zero-order valence-electron chi connectivity index (χ0n) is 8.00. The van der Waals surface area contributed by atoms with Crippen molar-refractivity contribution in [2.24, 2.45) is 0 Å². The molecule has 0 bridgehead atoms. The average molecular weight is 356 g/mol.